The monoisotopic (exact) mass is 372 g/mol. The van der Waals surface area contributed by atoms with Crippen molar-refractivity contribution in [2.24, 2.45) is 0 Å². The number of fused-ring (bicyclic) bond motifs is 1. The molecule has 0 unspecified atom stereocenters. The summed E-state index contributed by atoms with van der Waals surface area (Å²) in [5, 5.41) is 8.24. The standard InChI is InChI=1S/C19H28N6O2/c1-4-23(5-2)18(26)14-22-9-11-24(12-10-22)19(27)15-7-8-17-16(13-15)20-21-25(17)6-3/h7-8,13H,4-6,9-12,14H2,1-3H3. The highest BCUT2D eigenvalue weighted by molar-refractivity contribution is 5.97. The molecule has 27 heavy (non-hydrogen) atoms. The van der Waals surface area contributed by atoms with Crippen molar-refractivity contribution in [1.29, 1.82) is 0 Å². The van der Waals surface area contributed by atoms with Crippen molar-refractivity contribution < 1.29 is 9.59 Å². The van der Waals surface area contributed by atoms with Gasteiger partial charge >= 0.3 is 0 Å². The summed E-state index contributed by atoms with van der Waals surface area (Å²) < 4.78 is 1.81. The topological polar surface area (TPSA) is 74.6 Å². The number of likely N-dealkylation sites (N-methyl/N-ethyl adjacent to an activating group) is 1. The Balaban J connectivity index is 1.59. The molecule has 2 amide bonds. The Kier molecular flexibility index (Phi) is 6.05. The van der Waals surface area contributed by atoms with Crippen molar-refractivity contribution in [1.82, 2.24) is 29.7 Å². The Hall–Kier alpha value is -2.48. The van der Waals surface area contributed by atoms with Gasteiger partial charge < -0.3 is 9.80 Å². The van der Waals surface area contributed by atoms with E-state index in [0.717, 1.165) is 30.7 Å². The lowest BCUT2D eigenvalue weighted by Gasteiger charge is -2.35. The number of carbonyl (C=O) groups is 2. The van der Waals surface area contributed by atoms with Crippen LogP contribution in [0.15, 0.2) is 18.2 Å². The van der Waals surface area contributed by atoms with Gasteiger partial charge in [0.05, 0.1) is 12.1 Å². The van der Waals surface area contributed by atoms with Gasteiger partial charge in [-0.2, -0.15) is 0 Å². The molecule has 0 aliphatic carbocycles. The smallest absolute Gasteiger partial charge is 0.254 e. The van der Waals surface area contributed by atoms with Crippen molar-refractivity contribution in [2.75, 3.05) is 45.8 Å². The first kappa shape index (κ1) is 19.3. The summed E-state index contributed by atoms with van der Waals surface area (Å²) in [5.41, 5.74) is 2.32. The van der Waals surface area contributed by atoms with Crippen LogP contribution in [0.5, 0.6) is 0 Å². The molecule has 0 N–H and O–H groups in total. The van der Waals surface area contributed by atoms with Crippen LogP contribution in [0.1, 0.15) is 31.1 Å². The second-order valence-corrected chi connectivity index (χ2v) is 6.74. The van der Waals surface area contributed by atoms with Crippen LogP contribution < -0.4 is 0 Å². The molecule has 0 saturated carbocycles. The second kappa shape index (κ2) is 8.47. The zero-order chi connectivity index (χ0) is 19.4. The number of hydrogen-bond donors (Lipinski definition) is 0. The van der Waals surface area contributed by atoms with E-state index < -0.39 is 0 Å². The van der Waals surface area contributed by atoms with Crippen LogP contribution in [0, 0.1) is 0 Å². The molecule has 0 radical (unpaired) electrons. The van der Waals surface area contributed by atoms with Gasteiger partial charge in [-0.1, -0.05) is 5.21 Å². The predicted octanol–water partition coefficient (Wildman–Crippen LogP) is 1.08. The number of piperazine rings is 1. The highest BCUT2D eigenvalue weighted by Crippen LogP contribution is 2.16. The number of rotatable bonds is 6. The van der Waals surface area contributed by atoms with Gasteiger partial charge in [0.25, 0.3) is 5.91 Å². The molecule has 1 aliphatic rings. The van der Waals surface area contributed by atoms with Crippen LogP contribution in [-0.2, 0) is 11.3 Å². The molecule has 0 bridgehead atoms. The van der Waals surface area contributed by atoms with Crippen LogP contribution in [0.3, 0.4) is 0 Å². The Morgan fingerprint density at radius 1 is 1.07 bits per heavy atom. The molecular weight excluding hydrogens is 344 g/mol. The minimum atomic E-state index is 0.0117. The molecule has 1 fully saturated rings. The third kappa shape index (κ3) is 4.10. The third-order valence-electron chi connectivity index (χ3n) is 5.19. The molecule has 0 atom stereocenters. The number of amides is 2. The molecule has 3 rings (SSSR count). The Morgan fingerprint density at radius 2 is 1.78 bits per heavy atom. The zero-order valence-electron chi connectivity index (χ0n) is 16.4. The number of nitrogens with zero attached hydrogens (tertiary/aromatic N) is 6. The summed E-state index contributed by atoms with van der Waals surface area (Å²) >= 11 is 0. The Bertz CT molecular complexity index is 806. The van der Waals surface area contributed by atoms with E-state index in [9.17, 15) is 9.59 Å². The first-order chi connectivity index (χ1) is 13.1. The fourth-order valence-electron chi connectivity index (χ4n) is 3.50. The minimum Gasteiger partial charge on any atom is -0.342 e. The van der Waals surface area contributed by atoms with E-state index in [-0.39, 0.29) is 11.8 Å². The van der Waals surface area contributed by atoms with Crippen molar-refractivity contribution in [2.45, 2.75) is 27.3 Å². The number of aryl methyl sites for hydroxylation is 1. The fourth-order valence-corrected chi connectivity index (χ4v) is 3.50. The molecule has 1 aromatic carbocycles. The molecule has 146 valence electrons. The fraction of sp³-hybridized carbons (Fsp3) is 0.579. The number of benzene rings is 1. The van der Waals surface area contributed by atoms with Gasteiger partial charge in [-0.25, -0.2) is 4.68 Å². The average molecular weight is 372 g/mol. The van der Waals surface area contributed by atoms with Crippen LogP contribution in [0.25, 0.3) is 11.0 Å². The molecular formula is C19H28N6O2. The largest absolute Gasteiger partial charge is 0.342 e. The lowest BCUT2D eigenvalue weighted by atomic mass is 10.1. The van der Waals surface area contributed by atoms with E-state index in [1.165, 1.54) is 0 Å². The molecule has 0 spiro atoms. The van der Waals surface area contributed by atoms with Gasteiger partial charge in [0.2, 0.25) is 5.91 Å². The SMILES string of the molecule is CCN(CC)C(=O)CN1CCN(C(=O)c2ccc3c(c2)nnn3CC)CC1. The van der Waals surface area contributed by atoms with Crippen molar-refractivity contribution >= 4 is 22.8 Å². The maximum atomic E-state index is 12.8. The molecule has 1 aromatic heterocycles. The molecule has 1 saturated heterocycles. The highest BCUT2D eigenvalue weighted by Gasteiger charge is 2.24. The van der Waals surface area contributed by atoms with E-state index in [1.54, 1.807) is 0 Å². The van der Waals surface area contributed by atoms with E-state index >= 15 is 0 Å². The van der Waals surface area contributed by atoms with Crippen molar-refractivity contribution in [3.05, 3.63) is 23.8 Å². The van der Waals surface area contributed by atoms with E-state index in [1.807, 2.05) is 53.5 Å². The zero-order valence-corrected chi connectivity index (χ0v) is 16.4. The summed E-state index contributed by atoms with van der Waals surface area (Å²) in [6.07, 6.45) is 0. The van der Waals surface area contributed by atoms with Crippen molar-refractivity contribution in [3.63, 3.8) is 0 Å². The Labute approximate surface area is 159 Å². The summed E-state index contributed by atoms with van der Waals surface area (Å²) in [4.78, 5) is 30.9. The van der Waals surface area contributed by atoms with Crippen LogP contribution in [0.4, 0.5) is 0 Å². The average Bonchev–Trinajstić information content (AvgIpc) is 3.11. The van der Waals surface area contributed by atoms with Gasteiger partial charge in [0, 0.05) is 51.4 Å². The van der Waals surface area contributed by atoms with E-state index in [0.29, 0.717) is 38.3 Å². The molecule has 1 aliphatic heterocycles. The molecule has 8 heteroatoms. The van der Waals surface area contributed by atoms with E-state index in [4.69, 9.17) is 0 Å². The number of carbonyl (C=O) groups excluding carboxylic acids is 2. The molecule has 8 nitrogen and oxygen atoms in total. The highest BCUT2D eigenvalue weighted by atomic mass is 16.2. The normalized spacial score (nSPS) is 15.3. The summed E-state index contributed by atoms with van der Waals surface area (Å²) in [6, 6.07) is 5.56. The Morgan fingerprint density at radius 3 is 2.41 bits per heavy atom. The molecule has 2 heterocycles. The number of aromatic nitrogens is 3. The van der Waals surface area contributed by atoms with Gasteiger partial charge in [-0.05, 0) is 39.0 Å². The lowest BCUT2D eigenvalue weighted by Crippen LogP contribution is -2.51. The van der Waals surface area contributed by atoms with E-state index in [2.05, 4.69) is 15.2 Å². The van der Waals surface area contributed by atoms with Crippen molar-refractivity contribution in [3.8, 4) is 0 Å². The summed E-state index contributed by atoms with van der Waals surface area (Å²) in [5.74, 6) is 0.168. The van der Waals surface area contributed by atoms with Gasteiger partial charge in [-0.3, -0.25) is 14.5 Å². The maximum absolute atomic E-state index is 12.8. The third-order valence-corrected chi connectivity index (χ3v) is 5.19. The summed E-state index contributed by atoms with van der Waals surface area (Å²) in [6.45, 7) is 11.3. The van der Waals surface area contributed by atoms with Crippen LogP contribution in [0.2, 0.25) is 0 Å². The second-order valence-electron chi connectivity index (χ2n) is 6.74. The predicted molar refractivity (Wildman–Crippen MR) is 103 cm³/mol. The van der Waals surface area contributed by atoms with Crippen LogP contribution >= 0.6 is 0 Å². The first-order valence-corrected chi connectivity index (χ1v) is 9.70. The quantitative estimate of drug-likeness (QED) is 0.758. The number of hydrogen-bond acceptors (Lipinski definition) is 5. The van der Waals surface area contributed by atoms with Gasteiger partial charge in [0.1, 0.15) is 5.52 Å². The van der Waals surface area contributed by atoms with Gasteiger partial charge in [-0.15, -0.1) is 5.10 Å². The van der Waals surface area contributed by atoms with Gasteiger partial charge in [0.15, 0.2) is 0 Å². The van der Waals surface area contributed by atoms with Crippen LogP contribution in [-0.4, -0.2) is 87.3 Å². The summed E-state index contributed by atoms with van der Waals surface area (Å²) in [7, 11) is 0. The first-order valence-electron chi connectivity index (χ1n) is 9.70. The molecule has 2 aromatic rings. The lowest BCUT2D eigenvalue weighted by molar-refractivity contribution is -0.132. The maximum Gasteiger partial charge on any atom is 0.254 e. The minimum absolute atomic E-state index is 0.0117.